The zero-order valence-corrected chi connectivity index (χ0v) is 11.7. The maximum Gasteiger partial charge on any atom is 0.326 e. The van der Waals surface area contributed by atoms with E-state index in [2.05, 4.69) is 10.6 Å². The van der Waals surface area contributed by atoms with Crippen LogP contribution in [0.1, 0.15) is 52.4 Å². The smallest absolute Gasteiger partial charge is 0.326 e. The molecule has 110 valence electrons. The van der Waals surface area contributed by atoms with Gasteiger partial charge in [-0.1, -0.05) is 19.8 Å². The van der Waals surface area contributed by atoms with Crippen LogP contribution in [-0.4, -0.2) is 35.5 Å². The Morgan fingerprint density at radius 2 is 1.68 bits per heavy atom. The van der Waals surface area contributed by atoms with Crippen LogP contribution in [0.4, 0.5) is 0 Å². The number of carbonyl (C=O) groups excluding carboxylic acids is 2. The summed E-state index contributed by atoms with van der Waals surface area (Å²) in [6, 6.07) is -0.822. The molecule has 0 aromatic heterocycles. The minimum atomic E-state index is -1.01. The van der Waals surface area contributed by atoms with Crippen LogP contribution in [0.2, 0.25) is 0 Å². The van der Waals surface area contributed by atoms with Gasteiger partial charge in [0.25, 0.3) is 0 Å². The molecule has 0 rings (SSSR count). The predicted octanol–water partition coefficient (Wildman–Crippen LogP) is 1.05. The lowest BCUT2D eigenvalue weighted by Gasteiger charge is -2.13. The van der Waals surface area contributed by atoms with Crippen molar-refractivity contribution < 1.29 is 19.5 Å². The van der Waals surface area contributed by atoms with Crippen LogP contribution in [0.25, 0.3) is 0 Å². The van der Waals surface area contributed by atoms with E-state index in [9.17, 15) is 14.4 Å². The number of aliphatic carboxylic acids is 1. The third-order valence-corrected chi connectivity index (χ3v) is 2.66. The minimum absolute atomic E-state index is 0.0870. The van der Waals surface area contributed by atoms with Crippen molar-refractivity contribution in [1.82, 2.24) is 10.6 Å². The van der Waals surface area contributed by atoms with Gasteiger partial charge in [-0.25, -0.2) is 4.79 Å². The number of carboxylic acids is 1. The highest BCUT2D eigenvalue weighted by molar-refractivity contribution is 5.84. The molecule has 3 N–H and O–H groups in total. The third-order valence-electron chi connectivity index (χ3n) is 2.66. The summed E-state index contributed by atoms with van der Waals surface area (Å²) >= 11 is 0. The predicted molar refractivity (Wildman–Crippen MR) is 71.6 cm³/mol. The molecule has 1 atom stereocenters. The zero-order chi connectivity index (χ0) is 14.7. The molecule has 0 saturated heterocycles. The van der Waals surface area contributed by atoms with Crippen LogP contribution >= 0.6 is 0 Å². The monoisotopic (exact) mass is 272 g/mol. The first kappa shape index (κ1) is 17.4. The van der Waals surface area contributed by atoms with Crippen LogP contribution in [0.5, 0.6) is 0 Å². The van der Waals surface area contributed by atoms with E-state index in [1.165, 1.54) is 0 Å². The highest BCUT2D eigenvalue weighted by Gasteiger charge is 2.18. The molecule has 0 bridgehead atoms. The van der Waals surface area contributed by atoms with Gasteiger partial charge in [-0.3, -0.25) is 9.59 Å². The van der Waals surface area contributed by atoms with E-state index in [1.807, 2.05) is 13.8 Å². The van der Waals surface area contributed by atoms with Gasteiger partial charge < -0.3 is 15.7 Å². The normalized spacial score (nSPS) is 11.7. The molecule has 0 aromatic rings. The summed E-state index contributed by atoms with van der Waals surface area (Å²) in [4.78, 5) is 33.6. The number of hydrogen-bond acceptors (Lipinski definition) is 3. The summed E-state index contributed by atoms with van der Waals surface area (Å²) in [6.07, 6.45) is 2.97. The molecule has 0 spiro atoms. The molecular formula is C13H24N2O4. The molecule has 6 heteroatoms. The maximum atomic E-state index is 11.6. The lowest BCUT2D eigenvalue weighted by molar-refractivity contribution is -0.142. The Morgan fingerprint density at radius 1 is 1.05 bits per heavy atom. The number of unbranched alkanes of at least 4 members (excludes halogenated alkanes) is 1. The van der Waals surface area contributed by atoms with Crippen molar-refractivity contribution in [2.75, 3.05) is 6.54 Å². The third kappa shape index (κ3) is 9.04. The van der Waals surface area contributed by atoms with Crippen LogP contribution < -0.4 is 10.6 Å². The Kier molecular flexibility index (Phi) is 9.48. The highest BCUT2D eigenvalue weighted by atomic mass is 16.4. The summed E-state index contributed by atoms with van der Waals surface area (Å²) in [5.41, 5.74) is 0. The van der Waals surface area contributed by atoms with E-state index in [0.29, 0.717) is 19.4 Å². The summed E-state index contributed by atoms with van der Waals surface area (Å²) in [5.74, 6) is -1.41. The van der Waals surface area contributed by atoms with Crippen molar-refractivity contribution in [2.24, 2.45) is 0 Å². The number of amides is 2. The fourth-order valence-electron chi connectivity index (χ4n) is 1.63. The Hall–Kier alpha value is -1.59. The van der Waals surface area contributed by atoms with Gasteiger partial charge in [-0.15, -0.1) is 0 Å². The van der Waals surface area contributed by atoms with Gasteiger partial charge >= 0.3 is 5.97 Å². The second-order valence-corrected chi connectivity index (χ2v) is 4.41. The standard InChI is InChI=1S/C13H24N2O4/c1-3-5-7-10(13(18)19)15-12(17)9-6-8-11(16)14-4-2/h10H,3-9H2,1-2H3,(H,14,16)(H,15,17)(H,18,19). The quantitative estimate of drug-likeness (QED) is 0.554. The molecule has 0 aliphatic heterocycles. The number of hydrogen-bond donors (Lipinski definition) is 3. The van der Waals surface area contributed by atoms with Crippen molar-refractivity contribution in [2.45, 2.75) is 58.4 Å². The molecule has 19 heavy (non-hydrogen) atoms. The van der Waals surface area contributed by atoms with Gasteiger partial charge in [-0.2, -0.15) is 0 Å². The van der Waals surface area contributed by atoms with Crippen molar-refractivity contribution in [3.8, 4) is 0 Å². The molecule has 0 aliphatic rings. The van der Waals surface area contributed by atoms with Crippen molar-refractivity contribution in [3.05, 3.63) is 0 Å². The largest absolute Gasteiger partial charge is 0.480 e. The highest BCUT2D eigenvalue weighted by Crippen LogP contribution is 2.02. The van der Waals surface area contributed by atoms with Crippen molar-refractivity contribution >= 4 is 17.8 Å². The average Bonchev–Trinajstić information content (AvgIpc) is 2.34. The Labute approximate surface area is 113 Å². The molecule has 0 radical (unpaired) electrons. The van der Waals surface area contributed by atoms with E-state index in [-0.39, 0.29) is 24.7 Å². The van der Waals surface area contributed by atoms with E-state index >= 15 is 0 Å². The first-order chi connectivity index (χ1) is 9.01. The van der Waals surface area contributed by atoms with Crippen molar-refractivity contribution in [3.63, 3.8) is 0 Å². The van der Waals surface area contributed by atoms with Crippen LogP contribution in [0.3, 0.4) is 0 Å². The Morgan fingerprint density at radius 3 is 2.21 bits per heavy atom. The second-order valence-electron chi connectivity index (χ2n) is 4.41. The first-order valence-corrected chi connectivity index (χ1v) is 6.80. The van der Waals surface area contributed by atoms with E-state index < -0.39 is 12.0 Å². The summed E-state index contributed by atoms with van der Waals surface area (Å²) in [6.45, 7) is 4.37. The molecule has 0 saturated carbocycles. The summed E-state index contributed by atoms with van der Waals surface area (Å²) < 4.78 is 0. The molecule has 0 aliphatic carbocycles. The van der Waals surface area contributed by atoms with Gasteiger partial charge in [0.15, 0.2) is 0 Å². The van der Waals surface area contributed by atoms with Gasteiger partial charge in [-0.05, 0) is 19.8 Å². The van der Waals surface area contributed by atoms with E-state index in [0.717, 1.165) is 12.8 Å². The lowest BCUT2D eigenvalue weighted by Crippen LogP contribution is -2.40. The molecule has 0 fully saturated rings. The topological polar surface area (TPSA) is 95.5 Å². The van der Waals surface area contributed by atoms with Crippen LogP contribution in [0.15, 0.2) is 0 Å². The van der Waals surface area contributed by atoms with Crippen LogP contribution in [0, 0.1) is 0 Å². The molecule has 1 unspecified atom stereocenters. The SMILES string of the molecule is CCCCC(NC(=O)CCCC(=O)NCC)C(=O)O. The number of nitrogens with one attached hydrogen (secondary N) is 2. The summed E-state index contributed by atoms with van der Waals surface area (Å²) in [5, 5.41) is 14.1. The summed E-state index contributed by atoms with van der Waals surface area (Å²) in [7, 11) is 0. The fraction of sp³-hybridized carbons (Fsp3) is 0.769. The van der Waals surface area contributed by atoms with Gasteiger partial charge in [0.2, 0.25) is 11.8 Å². The molecule has 2 amide bonds. The van der Waals surface area contributed by atoms with E-state index in [1.54, 1.807) is 0 Å². The van der Waals surface area contributed by atoms with Gasteiger partial charge in [0.1, 0.15) is 6.04 Å². The number of carbonyl (C=O) groups is 3. The fourth-order valence-corrected chi connectivity index (χ4v) is 1.63. The molecule has 0 heterocycles. The number of carboxylic acid groups (broad SMARTS) is 1. The Balaban J connectivity index is 3.93. The number of rotatable bonds is 10. The van der Waals surface area contributed by atoms with E-state index in [4.69, 9.17) is 5.11 Å². The van der Waals surface area contributed by atoms with Crippen LogP contribution in [-0.2, 0) is 14.4 Å². The zero-order valence-electron chi connectivity index (χ0n) is 11.7. The van der Waals surface area contributed by atoms with Crippen molar-refractivity contribution in [1.29, 1.82) is 0 Å². The van der Waals surface area contributed by atoms with Gasteiger partial charge in [0, 0.05) is 19.4 Å². The van der Waals surface area contributed by atoms with Gasteiger partial charge in [0.05, 0.1) is 0 Å². The first-order valence-electron chi connectivity index (χ1n) is 6.80. The molecular weight excluding hydrogens is 248 g/mol. The second kappa shape index (κ2) is 10.3. The lowest BCUT2D eigenvalue weighted by atomic mass is 10.1. The maximum absolute atomic E-state index is 11.6. The molecule has 6 nitrogen and oxygen atoms in total. The molecule has 0 aromatic carbocycles. The minimum Gasteiger partial charge on any atom is -0.480 e. The Bertz CT molecular complexity index is 305. The average molecular weight is 272 g/mol.